The van der Waals surface area contributed by atoms with Gasteiger partial charge in [0.2, 0.25) is 0 Å². The molecule has 0 aliphatic carbocycles. The molecular formula is C17H17Cl3O. The van der Waals surface area contributed by atoms with Crippen LogP contribution in [0.3, 0.4) is 0 Å². The van der Waals surface area contributed by atoms with Crippen LogP contribution in [0.2, 0.25) is 10.0 Å². The van der Waals surface area contributed by atoms with Crippen molar-refractivity contribution in [2.75, 3.05) is 13.0 Å². The molecule has 21 heavy (non-hydrogen) atoms. The Morgan fingerprint density at radius 2 is 1.76 bits per heavy atom. The molecule has 1 unspecified atom stereocenters. The van der Waals surface area contributed by atoms with Crippen molar-refractivity contribution in [2.45, 2.75) is 12.8 Å². The Balaban J connectivity index is 2.11. The highest BCUT2D eigenvalue weighted by Crippen LogP contribution is 2.27. The number of para-hydroxylation sites is 1. The van der Waals surface area contributed by atoms with Crippen molar-refractivity contribution < 1.29 is 4.74 Å². The molecule has 2 aromatic rings. The summed E-state index contributed by atoms with van der Waals surface area (Å²) in [5, 5.41) is 1.16. The zero-order valence-electron chi connectivity index (χ0n) is 11.8. The molecule has 0 aromatic heterocycles. The number of benzene rings is 2. The van der Waals surface area contributed by atoms with E-state index in [0.29, 0.717) is 21.8 Å². The fourth-order valence-corrected chi connectivity index (χ4v) is 2.90. The number of methoxy groups -OCH3 is 1. The van der Waals surface area contributed by atoms with E-state index in [0.717, 1.165) is 24.2 Å². The van der Waals surface area contributed by atoms with E-state index in [2.05, 4.69) is 6.07 Å². The molecular weight excluding hydrogens is 327 g/mol. The van der Waals surface area contributed by atoms with Crippen molar-refractivity contribution in [3.8, 4) is 5.75 Å². The van der Waals surface area contributed by atoms with Crippen molar-refractivity contribution in [3.63, 3.8) is 0 Å². The van der Waals surface area contributed by atoms with Crippen LogP contribution in [-0.4, -0.2) is 13.0 Å². The molecule has 2 aromatic carbocycles. The Kier molecular flexibility index (Phi) is 6.22. The fraction of sp³-hybridized carbons (Fsp3) is 0.294. The lowest BCUT2D eigenvalue weighted by atomic mass is 9.93. The van der Waals surface area contributed by atoms with Crippen LogP contribution in [0.5, 0.6) is 5.75 Å². The molecule has 0 N–H and O–H groups in total. The van der Waals surface area contributed by atoms with Crippen LogP contribution in [-0.2, 0) is 12.8 Å². The molecule has 0 fully saturated rings. The Labute approximate surface area is 140 Å². The summed E-state index contributed by atoms with van der Waals surface area (Å²) < 4.78 is 5.39. The van der Waals surface area contributed by atoms with E-state index >= 15 is 0 Å². The Morgan fingerprint density at radius 3 is 2.43 bits per heavy atom. The maximum atomic E-state index is 6.13. The number of alkyl halides is 1. The van der Waals surface area contributed by atoms with Crippen molar-refractivity contribution in [1.29, 1.82) is 0 Å². The molecule has 0 aliphatic rings. The van der Waals surface area contributed by atoms with Crippen molar-refractivity contribution in [1.82, 2.24) is 0 Å². The highest BCUT2D eigenvalue weighted by Gasteiger charge is 2.13. The lowest BCUT2D eigenvalue weighted by Gasteiger charge is -2.16. The van der Waals surface area contributed by atoms with Gasteiger partial charge >= 0.3 is 0 Å². The summed E-state index contributed by atoms with van der Waals surface area (Å²) in [4.78, 5) is 0. The van der Waals surface area contributed by atoms with Gasteiger partial charge in [-0.15, -0.1) is 11.6 Å². The van der Waals surface area contributed by atoms with Gasteiger partial charge in [-0.2, -0.15) is 0 Å². The predicted molar refractivity (Wildman–Crippen MR) is 91.1 cm³/mol. The van der Waals surface area contributed by atoms with Gasteiger partial charge in [-0.3, -0.25) is 0 Å². The van der Waals surface area contributed by atoms with Gasteiger partial charge in [-0.1, -0.05) is 47.5 Å². The highest BCUT2D eigenvalue weighted by molar-refractivity contribution is 6.42. The van der Waals surface area contributed by atoms with Gasteiger partial charge in [0.25, 0.3) is 0 Å². The van der Waals surface area contributed by atoms with Crippen LogP contribution in [0, 0.1) is 5.92 Å². The third kappa shape index (κ3) is 4.54. The molecule has 112 valence electrons. The van der Waals surface area contributed by atoms with Gasteiger partial charge in [0.1, 0.15) is 5.75 Å². The summed E-state index contributed by atoms with van der Waals surface area (Å²) in [6.45, 7) is 0. The number of hydrogen-bond donors (Lipinski definition) is 0. The summed E-state index contributed by atoms with van der Waals surface area (Å²) in [5.74, 6) is 1.81. The summed E-state index contributed by atoms with van der Waals surface area (Å²) in [5.41, 5.74) is 2.32. The predicted octanol–water partition coefficient (Wildman–Crippen LogP) is 5.64. The molecule has 0 bridgehead atoms. The van der Waals surface area contributed by atoms with Crippen LogP contribution in [0.25, 0.3) is 0 Å². The molecule has 2 rings (SSSR count). The average molecular weight is 344 g/mol. The zero-order valence-corrected chi connectivity index (χ0v) is 14.1. The number of hydrogen-bond acceptors (Lipinski definition) is 1. The van der Waals surface area contributed by atoms with Crippen LogP contribution in [0.4, 0.5) is 0 Å². The van der Waals surface area contributed by atoms with Crippen LogP contribution >= 0.6 is 34.8 Å². The molecule has 0 aliphatic heterocycles. The lowest BCUT2D eigenvalue weighted by molar-refractivity contribution is 0.405. The summed E-state index contributed by atoms with van der Waals surface area (Å²) in [6, 6.07) is 13.8. The SMILES string of the molecule is COc1ccccc1CC(CCl)Cc1ccc(Cl)c(Cl)c1. The Bertz CT molecular complexity index is 598. The van der Waals surface area contributed by atoms with Gasteiger partial charge in [0.15, 0.2) is 0 Å². The molecule has 0 spiro atoms. The molecule has 4 heteroatoms. The second-order valence-electron chi connectivity index (χ2n) is 4.99. The van der Waals surface area contributed by atoms with Crippen LogP contribution in [0.1, 0.15) is 11.1 Å². The third-order valence-electron chi connectivity index (χ3n) is 3.43. The minimum absolute atomic E-state index is 0.320. The van der Waals surface area contributed by atoms with E-state index in [-0.39, 0.29) is 0 Å². The quantitative estimate of drug-likeness (QED) is 0.616. The number of halogens is 3. The standard InChI is InChI=1S/C17H17Cl3O/c1-21-17-5-3-2-4-14(17)9-13(11-18)8-12-6-7-15(19)16(20)10-12/h2-7,10,13H,8-9,11H2,1H3. The largest absolute Gasteiger partial charge is 0.496 e. The van der Waals surface area contributed by atoms with E-state index in [1.807, 2.05) is 36.4 Å². The molecule has 0 heterocycles. The number of ether oxygens (including phenoxy) is 1. The van der Waals surface area contributed by atoms with Crippen LogP contribution in [0.15, 0.2) is 42.5 Å². The molecule has 0 saturated carbocycles. The summed E-state index contributed by atoms with van der Waals surface area (Å²) >= 11 is 18.1. The lowest BCUT2D eigenvalue weighted by Crippen LogP contribution is -2.11. The van der Waals surface area contributed by atoms with Gasteiger partial charge in [0.05, 0.1) is 17.2 Å². The molecule has 0 amide bonds. The number of rotatable bonds is 6. The first-order valence-corrected chi connectivity index (χ1v) is 8.05. The van der Waals surface area contributed by atoms with Crippen LogP contribution < -0.4 is 4.74 Å². The van der Waals surface area contributed by atoms with E-state index in [4.69, 9.17) is 39.5 Å². The third-order valence-corrected chi connectivity index (χ3v) is 4.60. The first-order valence-electron chi connectivity index (χ1n) is 6.75. The van der Waals surface area contributed by atoms with E-state index in [9.17, 15) is 0 Å². The fourth-order valence-electron chi connectivity index (χ4n) is 2.36. The second-order valence-corrected chi connectivity index (χ2v) is 6.11. The zero-order chi connectivity index (χ0) is 15.2. The monoisotopic (exact) mass is 342 g/mol. The maximum absolute atomic E-state index is 6.13. The first kappa shape index (κ1) is 16.5. The average Bonchev–Trinajstić information content (AvgIpc) is 2.50. The normalized spacial score (nSPS) is 12.2. The van der Waals surface area contributed by atoms with E-state index in [1.165, 1.54) is 5.56 Å². The minimum Gasteiger partial charge on any atom is -0.496 e. The second kappa shape index (κ2) is 7.93. The van der Waals surface area contributed by atoms with Crippen molar-refractivity contribution >= 4 is 34.8 Å². The van der Waals surface area contributed by atoms with Gasteiger partial charge in [-0.05, 0) is 48.1 Å². The molecule has 0 radical (unpaired) electrons. The Hall–Kier alpha value is -0.890. The van der Waals surface area contributed by atoms with Gasteiger partial charge in [-0.25, -0.2) is 0 Å². The van der Waals surface area contributed by atoms with Gasteiger partial charge < -0.3 is 4.74 Å². The molecule has 1 atom stereocenters. The topological polar surface area (TPSA) is 9.23 Å². The molecule has 1 nitrogen and oxygen atoms in total. The minimum atomic E-state index is 0.320. The first-order chi connectivity index (χ1) is 10.1. The highest BCUT2D eigenvalue weighted by atomic mass is 35.5. The van der Waals surface area contributed by atoms with Gasteiger partial charge in [0, 0.05) is 5.88 Å². The van der Waals surface area contributed by atoms with Crippen molar-refractivity contribution in [2.24, 2.45) is 5.92 Å². The smallest absolute Gasteiger partial charge is 0.122 e. The maximum Gasteiger partial charge on any atom is 0.122 e. The summed E-state index contributed by atoms with van der Waals surface area (Å²) in [7, 11) is 1.69. The van der Waals surface area contributed by atoms with E-state index < -0.39 is 0 Å². The van der Waals surface area contributed by atoms with Crippen molar-refractivity contribution in [3.05, 3.63) is 63.6 Å². The Morgan fingerprint density at radius 1 is 1.00 bits per heavy atom. The molecule has 0 saturated heterocycles. The van der Waals surface area contributed by atoms with E-state index in [1.54, 1.807) is 7.11 Å². The summed E-state index contributed by atoms with van der Waals surface area (Å²) in [6.07, 6.45) is 1.73.